The monoisotopic (exact) mass is 452 g/mol. The maximum atomic E-state index is 13.2. The molecule has 0 radical (unpaired) electrons. The molecule has 0 spiro atoms. The van der Waals surface area contributed by atoms with Crippen LogP contribution < -0.4 is 0 Å². The third-order valence-corrected chi connectivity index (χ3v) is 6.16. The van der Waals surface area contributed by atoms with Crippen LogP contribution in [0.1, 0.15) is 39.0 Å². The normalized spacial score (nSPS) is 25.0. The average molecular weight is 453 g/mol. The zero-order chi connectivity index (χ0) is 22.7. The largest absolute Gasteiger partial charge is 0.471 e. The number of carbonyl (C=O) groups is 3. The van der Waals surface area contributed by atoms with Crippen LogP contribution in [0.25, 0.3) is 0 Å². The number of unbranched alkanes of at least 4 members (excludes halogenated alkanes) is 1. The molecule has 3 atom stereocenters. The molecule has 2 saturated heterocycles. The van der Waals surface area contributed by atoms with Crippen molar-refractivity contribution in [3.05, 3.63) is 0 Å². The van der Waals surface area contributed by atoms with Gasteiger partial charge >= 0.3 is 18.1 Å². The fourth-order valence-electron chi connectivity index (χ4n) is 3.88. The van der Waals surface area contributed by atoms with E-state index in [1.165, 1.54) is 4.90 Å². The molecule has 0 aromatic heterocycles. The summed E-state index contributed by atoms with van der Waals surface area (Å²) in [4.78, 5) is 39.4. The molecule has 2 amide bonds. The first-order valence-corrected chi connectivity index (χ1v) is 13.8. The van der Waals surface area contributed by atoms with E-state index in [0.29, 0.717) is 17.7 Å². The summed E-state index contributed by atoms with van der Waals surface area (Å²) in [6, 6.07) is -2.14. The number of rotatable bonds is 7. The summed E-state index contributed by atoms with van der Waals surface area (Å²) >= 11 is 0. The van der Waals surface area contributed by atoms with E-state index in [9.17, 15) is 27.6 Å². The molecule has 7 nitrogen and oxygen atoms in total. The smallest absolute Gasteiger partial charge is 0.464 e. The van der Waals surface area contributed by atoms with Crippen molar-refractivity contribution >= 4 is 26.1 Å². The van der Waals surface area contributed by atoms with Gasteiger partial charge in [0.05, 0.1) is 12.7 Å². The van der Waals surface area contributed by atoms with Gasteiger partial charge in [-0.15, -0.1) is 0 Å². The Morgan fingerprint density at radius 2 is 1.77 bits per heavy atom. The summed E-state index contributed by atoms with van der Waals surface area (Å²) in [6.45, 7) is 8.06. The number of alkyl halides is 3. The van der Waals surface area contributed by atoms with Crippen LogP contribution in [0, 0.1) is 0 Å². The first kappa shape index (κ1) is 24.6. The van der Waals surface area contributed by atoms with E-state index in [-0.39, 0.29) is 32.5 Å². The van der Waals surface area contributed by atoms with Gasteiger partial charge in [-0.2, -0.15) is 13.2 Å². The van der Waals surface area contributed by atoms with Crippen LogP contribution in [0.3, 0.4) is 0 Å². The lowest BCUT2D eigenvalue weighted by Crippen LogP contribution is -2.53. The van der Waals surface area contributed by atoms with Crippen molar-refractivity contribution in [2.45, 2.75) is 83.0 Å². The summed E-state index contributed by atoms with van der Waals surface area (Å²) in [5, 5.41) is 0. The second kappa shape index (κ2) is 9.67. The number of ether oxygens (including phenoxy) is 1. The van der Waals surface area contributed by atoms with Crippen LogP contribution in [-0.2, 0) is 23.5 Å². The molecule has 2 aliphatic rings. The zero-order valence-electron chi connectivity index (χ0n) is 18.0. The molecule has 30 heavy (non-hydrogen) atoms. The van der Waals surface area contributed by atoms with Gasteiger partial charge in [-0.05, 0) is 38.9 Å². The van der Waals surface area contributed by atoms with Gasteiger partial charge in [-0.3, -0.25) is 9.59 Å². The molecule has 0 bridgehead atoms. The number of halogens is 3. The van der Waals surface area contributed by atoms with E-state index in [0.717, 1.165) is 6.42 Å². The van der Waals surface area contributed by atoms with E-state index in [2.05, 4.69) is 0 Å². The molecule has 2 rings (SSSR count). The van der Waals surface area contributed by atoms with Crippen LogP contribution in [-0.4, -0.2) is 80.0 Å². The molecule has 0 saturated carbocycles. The van der Waals surface area contributed by atoms with Crippen molar-refractivity contribution in [1.29, 1.82) is 0 Å². The van der Waals surface area contributed by atoms with Gasteiger partial charge in [-0.1, -0.05) is 13.3 Å². The van der Waals surface area contributed by atoms with Crippen molar-refractivity contribution < 1.29 is 36.7 Å². The molecule has 172 valence electrons. The zero-order valence-corrected chi connectivity index (χ0v) is 19.0. The molecule has 0 aromatic carbocycles. The Hall–Kier alpha value is -1.62. The summed E-state index contributed by atoms with van der Waals surface area (Å²) in [5.41, 5.74) is 0. The summed E-state index contributed by atoms with van der Waals surface area (Å²) in [7, 11) is -1.97. The highest BCUT2D eigenvalue weighted by atomic mass is 28.4. The van der Waals surface area contributed by atoms with Gasteiger partial charge in [0.2, 0.25) is 5.91 Å². The minimum atomic E-state index is -5.05. The fourth-order valence-corrected chi connectivity index (χ4v) is 5.05. The van der Waals surface area contributed by atoms with E-state index in [4.69, 9.17) is 9.16 Å². The topological polar surface area (TPSA) is 76.2 Å². The summed E-state index contributed by atoms with van der Waals surface area (Å²) in [6.07, 6.45) is -3.26. The predicted molar refractivity (Wildman–Crippen MR) is 105 cm³/mol. The number of hydrogen-bond acceptors (Lipinski definition) is 5. The van der Waals surface area contributed by atoms with Gasteiger partial charge in [0.1, 0.15) is 12.1 Å². The lowest BCUT2D eigenvalue weighted by Gasteiger charge is -2.31. The molecule has 2 heterocycles. The van der Waals surface area contributed by atoms with Crippen molar-refractivity contribution in [2.75, 3.05) is 19.7 Å². The Balaban J connectivity index is 2.19. The molecular formula is C19H31F3N2O5Si. The van der Waals surface area contributed by atoms with Crippen molar-refractivity contribution in [2.24, 2.45) is 0 Å². The predicted octanol–water partition coefficient (Wildman–Crippen LogP) is 2.70. The quantitative estimate of drug-likeness (QED) is 0.337. The number of amides is 2. The van der Waals surface area contributed by atoms with Crippen molar-refractivity contribution in [1.82, 2.24) is 9.80 Å². The Bertz CT molecular complexity index is 653. The van der Waals surface area contributed by atoms with Crippen molar-refractivity contribution in [3.63, 3.8) is 0 Å². The first-order chi connectivity index (χ1) is 13.8. The van der Waals surface area contributed by atoms with Gasteiger partial charge < -0.3 is 19.0 Å². The maximum Gasteiger partial charge on any atom is 0.471 e. The molecule has 0 aromatic rings. The number of nitrogens with zero attached hydrogens (tertiary/aromatic N) is 2. The van der Waals surface area contributed by atoms with Crippen LogP contribution in [0.15, 0.2) is 0 Å². The summed E-state index contributed by atoms with van der Waals surface area (Å²) < 4.78 is 50.1. The molecule has 2 aliphatic heterocycles. The van der Waals surface area contributed by atoms with Gasteiger partial charge in [0.25, 0.3) is 0 Å². The van der Waals surface area contributed by atoms with E-state index < -0.39 is 50.5 Å². The van der Waals surface area contributed by atoms with Crippen LogP contribution in [0.5, 0.6) is 0 Å². The highest BCUT2D eigenvalue weighted by Gasteiger charge is 2.51. The van der Waals surface area contributed by atoms with Gasteiger partial charge in [-0.25, -0.2) is 4.79 Å². The Morgan fingerprint density at radius 3 is 2.33 bits per heavy atom. The molecule has 0 unspecified atom stereocenters. The molecule has 0 aliphatic carbocycles. The van der Waals surface area contributed by atoms with Crippen LogP contribution in [0.4, 0.5) is 13.2 Å². The molecule has 2 fully saturated rings. The Morgan fingerprint density at radius 1 is 1.10 bits per heavy atom. The second-order valence-electron chi connectivity index (χ2n) is 8.77. The molecule has 11 heteroatoms. The van der Waals surface area contributed by atoms with E-state index in [1.54, 1.807) is 0 Å². The van der Waals surface area contributed by atoms with Gasteiger partial charge in [0.15, 0.2) is 8.32 Å². The lowest BCUT2D eigenvalue weighted by atomic mass is 10.1. The average Bonchev–Trinajstić information content (AvgIpc) is 3.25. The van der Waals surface area contributed by atoms with Crippen molar-refractivity contribution in [3.8, 4) is 0 Å². The minimum absolute atomic E-state index is 0.0984. The highest BCUT2D eigenvalue weighted by Crippen LogP contribution is 2.30. The number of hydrogen-bond donors (Lipinski definition) is 0. The minimum Gasteiger partial charge on any atom is -0.464 e. The number of likely N-dealkylation sites (tertiary alicyclic amines) is 2. The lowest BCUT2D eigenvalue weighted by molar-refractivity contribution is -0.187. The van der Waals surface area contributed by atoms with Crippen LogP contribution >= 0.6 is 0 Å². The highest BCUT2D eigenvalue weighted by molar-refractivity contribution is 6.69. The van der Waals surface area contributed by atoms with E-state index >= 15 is 0 Å². The third kappa shape index (κ3) is 6.19. The Labute approximate surface area is 176 Å². The fraction of sp³-hybridized carbons (Fsp3) is 0.842. The molecular weight excluding hydrogens is 421 g/mol. The SMILES string of the molecule is CCCCOC(=O)[C@@H]1C[C@@H](O[Si](C)(C)C)CN1C(=O)[C@@H]1CCCN1C(=O)C(F)(F)F. The van der Waals surface area contributed by atoms with E-state index in [1.807, 2.05) is 26.6 Å². The maximum absolute atomic E-state index is 13.2. The number of esters is 1. The Kier molecular flexibility index (Phi) is 7.95. The van der Waals surface area contributed by atoms with Gasteiger partial charge in [0, 0.05) is 19.5 Å². The summed E-state index contributed by atoms with van der Waals surface area (Å²) in [5.74, 6) is -3.25. The third-order valence-electron chi connectivity index (χ3n) is 5.12. The first-order valence-electron chi connectivity index (χ1n) is 10.4. The number of carbonyl (C=O) groups excluding carboxylic acids is 3. The van der Waals surface area contributed by atoms with Crippen LogP contribution in [0.2, 0.25) is 19.6 Å². The molecule has 0 N–H and O–H groups in total. The second-order valence-corrected chi connectivity index (χ2v) is 13.2. The standard InChI is InChI=1S/C19H31F3N2O5Si/c1-5-6-10-28-17(26)15-11-13(29-30(2,3)4)12-24(15)16(25)14-8-7-9-23(14)18(27)19(20,21)22/h13-15H,5-12H2,1-4H3/t13-,14+,15+/m1/s1.